The van der Waals surface area contributed by atoms with Gasteiger partial charge < -0.3 is 0 Å². The zero-order chi connectivity index (χ0) is 21.3. The number of aromatic nitrogens is 1. The van der Waals surface area contributed by atoms with Crippen LogP contribution in [-0.2, 0) is 0 Å². The summed E-state index contributed by atoms with van der Waals surface area (Å²) in [5.41, 5.74) is 7.11. The minimum Gasteiger partial charge on any atom is -0.265 e. The molecule has 0 radical (unpaired) electrons. The minimum absolute atomic E-state index is 0.272. The standard InChI is InChI=1S/C27H32N2/c1-21(11-13-25(20-28)24-15-18-29-19-16-24)8-6-9-22(2)12-14-26-23(3)10-7-17-27(26,4)5/h6,8-9,11-16,18-19H,7,10,17H2,1-5H3/b8-6+,14-12+,21-11+,22-9+,25-13+. The van der Waals surface area contributed by atoms with Crippen molar-refractivity contribution in [2.24, 2.45) is 5.41 Å². The molecule has 0 atom stereocenters. The molecule has 150 valence electrons. The fourth-order valence-electron chi connectivity index (χ4n) is 3.63. The highest BCUT2D eigenvalue weighted by molar-refractivity contribution is 5.77. The second-order valence-electron chi connectivity index (χ2n) is 8.37. The van der Waals surface area contributed by atoms with Crippen LogP contribution in [0.1, 0.15) is 59.4 Å². The van der Waals surface area contributed by atoms with Gasteiger partial charge in [0.15, 0.2) is 0 Å². The predicted octanol–water partition coefficient (Wildman–Crippen LogP) is 7.52. The van der Waals surface area contributed by atoms with Crippen molar-refractivity contribution in [3.63, 3.8) is 0 Å². The normalized spacial score (nSPS) is 18.6. The Morgan fingerprint density at radius 3 is 2.41 bits per heavy atom. The fraction of sp³-hybridized carbons (Fsp3) is 0.333. The summed E-state index contributed by atoms with van der Waals surface area (Å²) >= 11 is 0. The molecule has 0 bridgehead atoms. The molecule has 0 unspecified atom stereocenters. The lowest BCUT2D eigenvalue weighted by Gasteiger charge is -2.32. The number of allylic oxidation sites excluding steroid dienone is 12. The van der Waals surface area contributed by atoms with Crippen molar-refractivity contribution in [2.45, 2.75) is 53.9 Å². The lowest BCUT2D eigenvalue weighted by Crippen LogP contribution is -2.19. The molecule has 1 aliphatic carbocycles. The van der Waals surface area contributed by atoms with Crippen LogP contribution in [-0.4, -0.2) is 4.98 Å². The average Bonchev–Trinajstić information content (AvgIpc) is 2.68. The van der Waals surface area contributed by atoms with E-state index in [1.54, 1.807) is 12.4 Å². The second kappa shape index (κ2) is 10.6. The van der Waals surface area contributed by atoms with E-state index < -0.39 is 0 Å². The van der Waals surface area contributed by atoms with E-state index in [4.69, 9.17) is 0 Å². The highest BCUT2D eigenvalue weighted by atomic mass is 14.6. The molecule has 0 saturated carbocycles. The van der Waals surface area contributed by atoms with Crippen molar-refractivity contribution in [1.29, 1.82) is 5.26 Å². The first-order valence-electron chi connectivity index (χ1n) is 10.3. The van der Waals surface area contributed by atoms with Crippen LogP contribution in [0.25, 0.3) is 5.57 Å². The van der Waals surface area contributed by atoms with E-state index in [9.17, 15) is 5.26 Å². The third kappa shape index (κ3) is 6.88. The van der Waals surface area contributed by atoms with Crippen LogP contribution in [0.15, 0.2) is 89.4 Å². The number of nitrogens with zero attached hydrogens (tertiary/aromatic N) is 2. The number of rotatable bonds is 6. The topological polar surface area (TPSA) is 36.7 Å². The molecule has 29 heavy (non-hydrogen) atoms. The zero-order valence-electron chi connectivity index (χ0n) is 18.4. The maximum Gasteiger partial charge on any atom is 0.0997 e. The Bertz CT molecular complexity index is 926. The van der Waals surface area contributed by atoms with Gasteiger partial charge >= 0.3 is 0 Å². The maximum absolute atomic E-state index is 9.36. The van der Waals surface area contributed by atoms with E-state index in [0.29, 0.717) is 5.57 Å². The minimum atomic E-state index is 0.272. The van der Waals surface area contributed by atoms with Crippen molar-refractivity contribution in [2.75, 3.05) is 0 Å². The highest BCUT2D eigenvalue weighted by Gasteiger charge is 2.26. The van der Waals surface area contributed by atoms with Crippen LogP contribution in [0.3, 0.4) is 0 Å². The lowest BCUT2D eigenvalue weighted by atomic mass is 9.72. The van der Waals surface area contributed by atoms with Gasteiger partial charge in [0.1, 0.15) is 0 Å². The first-order chi connectivity index (χ1) is 13.8. The van der Waals surface area contributed by atoms with Crippen LogP contribution in [0.2, 0.25) is 0 Å². The van der Waals surface area contributed by atoms with E-state index in [1.165, 1.54) is 36.0 Å². The molecular formula is C27H32N2. The summed E-state index contributed by atoms with van der Waals surface area (Å²) in [7, 11) is 0. The summed E-state index contributed by atoms with van der Waals surface area (Å²) in [6, 6.07) is 5.93. The molecule has 0 saturated heterocycles. The first kappa shape index (κ1) is 22.4. The van der Waals surface area contributed by atoms with Gasteiger partial charge in [-0.2, -0.15) is 5.26 Å². The number of nitriles is 1. The number of pyridine rings is 1. The molecule has 0 fully saturated rings. The molecule has 2 rings (SSSR count). The molecule has 1 aliphatic rings. The summed E-state index contributed by atoms with van der Waals surface area (Å²) in [6.07, 6.45) is 21.7. The van der Waals surface area contributed by atoms with Crippen molar-refractivity contribution in [1.82, 2.24) is 4.98 Å². The smallest absolute Gasteiger partial charge is 0.0997 e. The Hall–Kier alpha value is -2.92. The van der Waals surface area contributed by atoms with Gasteiger partial charge in [0, 0.05) is 12.4 Å². The Balaban J connectivity index is 2.05. The third-order valence-corrected chi connectivity index (χ3v) is 5.40. The van der Waals surface area contributed by atoms with Gasteiger partial charge in [0.05, 0.1) is 11.6 Å². The Labute approximate surface area is 176 Å². The third-order valence-electron chi connectivity index (χ3n) is 5.40. The lowest BCUT2D eigenvalue weighted by molar-refractivity contribution is 0.377. The van der Waals surface area contributed by atoms with Gasteiger partial charge in [-0.25, -0.2) is 0 Å². The molecule has 0 aromatic carbocycles. The van der Waals surface area contributed by atoms with E-state index >= 15 is 0 Å². The molecule has 1 heterocycles. The average molecular weight is 385 g/mol. The molecule has 0 amide bonds. The molecule has 2 heteroatoms. The van der Waals surface area contributed by atoms with Crippen molar-refractivity contribution in [3.8, 4) is 6.07 Å². The molecule has 1 aromatic heterocycles. The van der Waals surface area contributed by atoms with Crippen molar-refractivity contribution >= 4 is 5.57 Å². The first-order valence-corrected chi connectivity index (χ1v) is 10.3. The number of hydrogen-bond donors (Lipinski definition) is 0. The van der Waals surface area contributed by atoms with Gasteiger partial charge in [-0.05, 0) is 74.8 Å². The van der Waals surface area contributed by atoms with Gasteiger partial charge in [-0.15, -0.1) is 0 Å². The van der Waals surface area contributed by atoms with E-state index in [1.807, 2.05) is 31.2 Å². The highest BCUT2D eigenvalue weighted by Crippen LogP contribution is 2.40. The van der Waals surface area contributed by atoms with E-state index in [2.05, 4.69) is 69.1 Å². The SMILES string of the molecule is CC1=C(/C=C/C(C)=C/C=C/C(C)=C/C=C(\C#N)c2ccncc2)C(C)(C)CCC1. The van der Waals surface area contributed by atoms with Gasteiger partial charge in [-0.3, -0.25) is 4.98 Å². The number of hydrogen-bond acceptors (Lipinski definition) is 2. The van der Waals surface area contributed by atoms with E-state index in [-0.39, 0.29) is 5.41 Å². The monoisotopic (exact) mass is 384 g/mol. The molecule has 1 aromatic rings. The van der Waals surface area contributed by atoms with E-state index in [0.717, 1.165) is 11.1 Å². The Morgan fingerprint density at radius 1 is 1.07 bits per heavy atom. The largest absolute Gasteiger partial charge is 0.265 e. The summed E-state index contributed by atoms with van der Waals surface area (Å²) in [5.74, 6) is 0. The molecular weight excluding hydrogens is 352 g/mol. The van der Waals surface area contributed by atoms with Gasteiger partial charge in [0.2, 0.25) is 0 Å². The predicted molar refractivity (Wildman–Crippen MR) is 124 cm³/mol. The van der Waals surface area contributed by atoms with Gasteiger partial charge in [0.25, 0.3) is 0 Å². The van der Waals surface area contributed by atoms with Crippen molar-refractivity contribution in [3.05, 3.63) is 94.9 Å². The molecule has 0 spiro atoms. The molecule has 0 N–H and O–H groups in total. The molecule has 0 aliphatic heterocycles. The van der Waals surface area contributed by atoms with Crippen LogP contribution in [0.4, 0.5) is 0 Å². The Morgan fingerprint density at radius 2 is 1.76 bits per heavy atom. The van der Waals surface area contributed by atoms with Crippen LogP contribution in [0.5, 0.6) is 0 Å². The maximum atomic E-state index is 9.36. The summed E-state index contributed by atoms with van der Waals surface area (Å²) < 4.78 is 0. The van der Waals surface area contributed by atoms with Crippen LogP contribution in [0, 0.1) is 16.7 Å². The summed E-state index contributed by atoms with van der Waals surface area (Å²) in [5, 5.41) is 9.36. The quantitative estimate of drug-likeness (QED) is 0.375. The second-order valence-corrected chi connectivity index (χ2v) is 8.37. The van der Waals surface area contributed by atoms with Gasteiger partial charge in [-0.1, -0.05) is 67.0 Å². The Kier molecular flexibility index (Phi) is 8.16. The van der Waals surface area contributed by atoms with Crippen molar-refractivity contribution < 1.29 is 0 Å². The fourth-order valence-corrected chi connectivity index (χ4v) is 3.63. The summed E-state index contributed by atoms with van der Waals surface area (Å²) in [4.78, 5) is 3.99. The van der Waals surface area contributed by atoms with Crippen LogP contribution >= 0.6 is 0 Å². The zero-order valence-corrected chi connectivity index (χ0v) is 18.4. The van der Waals surface area contributed by atoms with Crippen LogP contribution < -0.4 is 0 Å². The molecule has 2 nitrogen and oxygen atoms in total. The summed E-state index contributed by atoms with van der Waals surface area (Å²) in [6.45, 7) is 11.1.